The molecule has 4 nitrogen and oxygen atoms in total. The van der Waals surface area contributed by atoms with Gasteiger partial charge in [0.1, 0.15) is 0 Å². The van der Waals surface area contributed by atoms with Crippen molar-refractivity contribution in [2.24, 2.45) is 0 Å². The van der Waals surface area contributed by atoms with Crippen LogP contribution in [0.4, 0.5) is 0 Å². The van der Waals surface area contributed by atoms with E-state index in [0.29, 0.717) is 0 Å². The second-order valence-electron chi connectivity index (χ2n) is 33.5. The number of rotatable bonds is 11. The number of hydrogen-bond acceptors (Lipinski definition) is 0. The van der Waals surface area contributed by atoms with Crippen LogP contribution in [-0.2, 0) is 5.41 Å². The molecule has 0 spiro atoms. The van der Waals surface area contributed by atoms with E-state index >= 15 is 0 Å². The molecule has 123 heavy (non-hydrogen) atoms. The summed E-state index contributed by atoms with van der Waals surface area (Å²) in [5.41, 5.74) is 36.8. The molecule has 4 aromatic heterocycles. The SMILES string of the molecule is CC1(C)c2ccccc2-c2ccc(-n3c4ccccc4c4cc(-c5ccc(-c6ccc7c(c6)c6ccccc6n7-c6ccc7cc(-c8ccccc8)ccc7c6)cc5)ccc43)cc21.c1ccc(-c2cccc(-n3c4ccccc4c4cc(-c5ccc(-c6ccc7c(c6)c6ccccc6n7-c6ccc7cc(-c8ccccc8)ccc7c6)cc5)ccc43)c2)cc1. The molecule has 20 aromatic carbocycles. The molecule has 0 saturated heterocycles. The Morgan fingerprint density at radius 1 is 0.146 bits per heavy atom. The highest BCUT2D eigenvalue weighted by Gasteiger charge is 2.36. The van der Waals surface area contributed by atoms with Crippen LogP contribution < -0.4 is 0 Å². The van der Waals surface area contributed by atoms with Gasteiger partial charge in [0.2, 0.25) is 0 Å². The first-order chi connectivity index (χ1) is 60.7. The van der Waals surface area contributed by atoms with Crippen molar-refractivity contribution in [3.05, 3.63) is 460 Å². The number of hydrogen-bond donors (Lipinski definition) is 0. The van der Waals surface area contributed by atoms with Gasteiger partial charge in [-0.2, -0.15) is 0 Å². The van der Waals surface area contributed by atoms with Crippen molar-refractivity contribution in [2.45, 2.75) is 19.3 Å². The van der Waals surface area contributed by atoms with Crippen LogP contribution in [0.1, 0.15) is 25.0 Å². The van der Waals surface area contributed by atoms with Crippen LogP contribution in [0.2, 0.25) is 0 Å². The van der Waals surface area contributed by atoms with Gasteiger partial charge in [-0.1, -0.05) is 329 Å². The van der Waals surface area contributed by atoms with E-state index < -0.39 is 0 Å². The topological polar surface area (TPSA) is 19.7 Å². The molecule has 0 fully saturated rings. The number of benzene rings is 20. The van der Waals surface area contributed by atoms with Gasteiger partial charge in [0.05, 0.1) is 44.1 Å². The summed E-state index contributed by atoms with van der Waals surface area (Å²) >= 11 is 0. The van der Waals surface area contributed by atoms with Gasteiger partial charge in [-0.15, -0.1) is 0 Å². The number of aromatic nitrogens is 4. The highest BCUT2D eigenvalue weighted by molar-refractivity contribution is 6.15. The van der Waals surface area contributed by atoms with E-state index in [1.807, 2.05) is 0 Å². The second-order valence-corrected chi connectivity index (χ2v) is 33.5. The molecule has 4 heterocycles. The quantitative estimate of drug-likeness (QED) is 0.123. The molecule has 0 N–H and O–H groups in total. The van der Waals surface area contributed by atoms with Crippen LogP contribution in [0.3, 0.4) is 0 Å². The first kappa shape index (κ1) is 71.2. The second kappa shape index (κ2) is 28.7. The zero-order valence-electron chi connectivity index (χ0n) is 68.0. The third-order valence-electron chi connectivity index (χ3n) is 26.2. The first-order valence-electron chi connectivity index (χ1n) is 42.7. The summed E-state index contributed by atoms with van der Waals surface area (Å²) in [4.78, 5) is 0. The Kier molecular flexibility index (Phi) is 16.6. The molecule has 576 valence electrons. The Bertz CT molecular complexity index is 8360. The van der Waals surface area contributed by atoms with Gasteiger partial charge in [-0.05, 0) is 255 Å². The molecule has 0 unspecified atom stereocenters. The normalized spacial score (nSPS) is 12.4. The lowest BCUT2D eigenvalue weighted by Gasteiger charge is -2.22. The Morgan fingerprint density at radius 2 is 0.398 bits per heavy atom. The molecule has 0 aliphatic heterocycles. The van der Waals surface area contributed by atoms with Gasteiger partial charge < -0.3 is 18.3 Å². The maximum Gasteiger partial charge on any atom is 0.0541 e. The van der Waals surface area contributed by atoms with Gasteiger partial charge in [-0.25, -0.2) is 0 Å². The largest absolute Gasteiger partial charge is 0.309 e. The average molecular weight is 1570 g/mol. The molecule has 25 rings (SSSR count). The third kappa shape index (κ3) is 12.0. The van der Waals surface area contributed by atoms with Crippen molar-refractivity contribution in [2.75, 3.05) is 0 Å². The lowest BCUT2D eigenvalue weighted by molar-refractivity contribution is 0.660. The minimum absolute atomic E-state index is 0.0583. The van der Waals surface area contributed by atoms with Crippen LogP contribution in [0, 0.1) is 0 Å². The summed E-state index contributed by atoms with van der Waals surface area (Å²) in [6, 6.07) is 165. The van der Waals surface area contributed by atoms with Crippen molar-refractivity contribution in [1.82, 2.24) is 18.3 Å². The van der Waals surface area contributed by atoms with Crippen LogP contribution >= 0.6 is 0 Å². The zero-order valence-corrected chi connectivity index (χ0v) is 68.0. The minimum Gasteiger partial charge on any atom is -0.309 e. The molecular weight excluding hydrogens is 1490 g/mol. The lowest BCUT2D eigenvalue weighted by atomic mass is 9.82. The first-order valence-corrected chi connectivity index (χ1v) is 42.7. The predicted molar refractivity (Wildman–Crippen MR) is 521 cm³/mol. The molecule has 0 amide bonds. The smallest absolute Gasteiger partial charge is 0.0541 e. The third-order valence-corrected chi connectivity index (χ3v) is 26.2. The van der Waals surface area contributed by atoms with Gasteiger partial charge in [0.25, 0.3) is 0 Å². The van der Waals surface area contributed by atoms with E-state index in [9.17, 15) is 0 Å². The predicted octanol–water partition coefficient (Wildman–Crippen LogP) is 32.0. The van der Waals surface area contributed by atoms with E-state index in [1.54, 1.807) is 0 Å². The molecule has 0 saturated carbocycles. The Labute approximate surface area is 713 Å². The maximum absolute atomic E-state index is 2.45. The van der Waals surface area contributed by atoms with Gasteiger partial charge in [0, 0.05) is 71.3 Å². The fourth-order valence-electron chi connectivity index (χ4n) is 20.1. The minimum atomic E-state index is -0.0583. The van der Waals surface area contributed by atoms with Crippen LogP contribution in [0.5, 0.6) is 0 Å². The van der Waals surface area contributed by atoms with Crippen LogP contribution in [-0.4, -0.2) is 18.3 Å². The molecule has 0 atom stereocenters. The fourth-order valence-corrected chi connectivity index (χ4v) is 20.1. The molecule has 1 aliphatic rings. The maximum atomic E-state index is 2.45. The van der Waals surface area contributed by atoms with Gasteiger partial charge in [0.15, 0.2) is 0 Å². The van der Waals surface area contributed by atoms with Crippen molar-refractivity contribution < 1.29 is 0 Å². The van der Waals surface area contributed by atoms with E-state index in [2.05, 4.69) is 481 Å². The molecule has 0 bridgehead atoms. The van der Waals surface area contributed by atoms with Crippen molar-refractivity contribution >= 4 is 109 Å². The summed E-state index contributed by atoms with van der Waals surface area (Å²) in [5.74, 6) is 0. The summed E-state index contributed by atoms with van der Waals surface area (Å²) in [5, 5.41) is 15.0. The Balaban J connectivity index is 0.000000139. The summed E-state index contributed by atoms with van der Waals surface area (Å²) < 4.78 is 9.68. The molecule has 1 aliphatic carbocycles. The molecule has 0 radical (unpaired) electrons. The van der Waals surface area contributed by atoms with Crippen molar-refractivity contribution in [3.63, 3.8) is 0 Å². The fraction of sp³-hybridized carbons (Fsp3) is 0.0252. The van der Waals surface area contributed by atoms with Crippen LogP contribution in [0.15, 0.2) is 449 Å². The average Bonchev–Trinajstić information content (AvgIpc) is 1.56. The summed E-state index contributed by atoms with van der Waals surface area (Å²) in [6.45, 7) is 4.71. The number of para-hydroxylation sites is 4. The van der Waals surface area contributed by atoms with E-state index in [0.717, 1.165) is 5.69 Å². The summed E-state index contributed by atoms with van der Waals surface area (Å²) in [7, 11) is 0. The van der Waals surface area contributed by atoms with Crippen molar-refractivity contribution in [1.29, 1.82) is 0 Å². The number of nitrogens with zero attached hydrogens (tertiary/aromatic N) is 4. The van der Waals surface area contributed by atoms with E-state index in [-0.39, 0.29) is 5.41 Å². The number of fused-ring (bicyclic) bond motifs is 17. The Hall–Kier alpha value is -15.9. The van der Waals surface area contributed by atoms with E-state index in [4.69, 9.17) is 0 Å². The highest BCUT2D eigenvalue weighted by atomic mass is 15.0. The Morgan fingerprint density at radius 3 is 0.789 bits per heavy atom. The van der Waals surface area contributed by atoms with E-state index in [1.165, 1.54) is 226 Å². The lowest BCUT2D eigenvalue weighted by Crippen LogP contribution is -2.15. The van der Waals surface area contributed by atoms with Crippen molar-refractivity contribution in [3.8, 4) is 112 Å². The zero-order chi connectivity index (χ0) is 81.4. The molecule has 4 heteroatoms. The van der Waals surface area contributed by atoms with Gasteiger partial charge >= 0.3 is 0 Å². The van der Waals surface area contributed by atoms with Crippen LogP contribution in [0.25, 0.3) is 221 Å². The van der Waals surface area contributed by atoms with Gasteiger partial charge in [-0.3, -0.25) is 0 Å². The summed E-state index contributed by atoms with van der Waals surface area (Å²) in [6.07, 6.45) is 0. The highest BCUT2D eigenvalue weighted by Crippen LogP contribution is 2.51. The standard InChI is InChI=1S/C61H42N2.C58H38N2/c1-61(2)55-17-9-6-14-49(55)50-31-30-48(38-56(50)61)63-58-19-11-8-16-52(58)54-37-46(28-33-60(54)63)41-22-20-40(21-23-41)45-27-32-59-53(36-45)51-15-7-10-18-57(51)62(59)47-29-26-43-34-42(24-25-44(43)35-47)39-12-4-3-5-13-39;1-3-12-39(13-4-1)43-16-11-17-49(35-43)59-55-20-9-7-18-51(55)53-37-47(29-32-57(53)59)41-22-24-42(25-23-41)48-30-33-58-54(38-48)52-19-8-10-21-56(52)60(58)50-31-28-45-34-44(26-27-46(45)36-50)40-14-5-2-6-15-40/h3-38H,1-2H3;1-38H. The molecule has 24 aromatic rings. The monoisotopic (exact) mass is 1560 g/mol. The molecular formula is C119H80N4.